The molecule has 0 fully saturated rings. The first-order valence-corrected chi connectivity index (χ1v) is 9.52. The summed E-state index contributed by atoms with van der Waals surface area (Å²) >= 11 is 0. The van der Waals surface area contributed by atoms with E-state index >= 15 is 0 Å². The number of hydrogen-bond acceptors (Lipinski definition) is 1. The van der Waals surface area contributed by atoms with Gasteiger partial charge in [0.15, 0.2) is 0 Å². The van der Waals surface area contributed by atoms with Crippen LogP contribution in [0.2, 0.25) is 0 Å². The monoisotopic (exact) mass is 292 g/mol. The molecule has 20 heavy (non-hydrogen) atoms. The third-order valence-corrected chi connectivity index (χ3v) is 6.74. The van der Waals surface area contributed by atoms with Crippen molar-refractivity contribution in [2.24, 2.45) is 5.73 Å². The molecule has 0 saturated carbocycles. The largest absolute Gasteiger partial charge is 0.387 e. The van der Waals surface area contributed by atoms with Gasteiger partial charge in [-0.15, -0.1) is 0 Å². The Bertz CT molecular complexity index is 392. The molecule has 0 aliphatic carbocycles. The summed E-state index contributed by atoms with van der Waals surface area (Å²) in [6, 6.07) is 8.60. The van der Waals surface area contributed by atoms with Gasteiger partial charge in [-0.05, 0) is 37.7 Å². The van der Waals surface area contributed by atoms with E-state index in [0.717, 1.165) is 0 Å². The summed E-state index contributed by atoms with van der Waals surface area (Å²) in [7, 11) is -0.211. The van der Waals surface area contributed by atoms with Gasteiger partial charge in [0.2, 0.25) is 0 Å². The summed E-state index contributed by atoms with van der Waals surface area (Å²) in [6.07, 6.45) is 7.44. The van der Waals surface area contributed by atoms with Gasteiger partial charge in [-0.25, -0.2) is 0 Å². The molecule has 3 N–H and O–H groups in total. The summed E-state index contributed by atoms with van der Waals surface area (Å²) in [5.74, 6) is 0.354. The van der Waals surface area contributed by atoms with Crippen molar-refractivity contribution in [3.63, 3.8) is 0 Å². The van der Waals surface area contributed by atoms with Crippen molar-refractivity contribution < 1.29 is 0 Å². The Morgan fingerprint density at radius 3 is 2.00 bits per heavy atom. The summed E-state index contributed by atoms with van der Waals surface area (Å²) < 4.78 is 0. The van der Waals surface area contributed by atoms with Crippen LogP contribution in [-0.4, -0.2) is 18.2 Å². The lowest BCUT2D eigenvalue weighted by Crippen LogP contribution is -2.21. The highest BCUT2D eigenvalue weighted by atomic mass is 31.1. The predicted octanol–water partition coefficient (Wildman–Crippen LogP) is 5.05. The summed E-state index contributed by atoms with van der Waals surface area (Å²) in [5.41, 5.74) is 8.61. The molecule has 0 spiro atoms. The molecule has 0 radical (unpaired) electrons. The Hall–Kier alpha value is -0.880. The number of benzene rings is 1. The predicted molar refractivity (Wildman–Crippen MR) is 92.3 cm³/mol. The van der Waals surface area contributed by atoms with Gasteiger partial charge in [-0.2, -0.15) is 0 Å². The van der Waals surface area contributed by atoms with Crippen LogP contribution in [0.15, 0.2) is 24.3 Å². The Morgan fingerprint density at radius 2 is 1.60 bits per heavy atom. The van der Waals surface area contributed by atoms with Crippen molar-refractivity contribution in [3.05, 3.63) is 35.4 Å². The Kier molecular flexibility index (Phi) is 7.84. The number of nitrogens with one attached hydrogen (secondary N) is 1. The first-order chi connectivity index (χ1) is 9.60. The van der Waals surface area contributed by atoms with Crippen molar-refractivity contribution in [2.45, 2.75) is 52.1 Å². The lowest BCUT2D eigenvalue weighted by Gasteiger charge is -2.27. The van der Waals surface area contributed by atoms with Crippen molar-refractivity contribution in [2.75, 3.05) is 12.3 Å². The number of rotatable bonds is 9. The van der Waals surface area contributed by atoms with Crippen LogP contribution < -0.4 is 5.73 Å². The van der Waals surface area contributed by atoms with Crippen molar-refractivity contribution in [1.29, 1.82) is 5.41 Å². The van der Waals surface area contributed by atoms with E-state index < -0.39 is 0 Å². The average Bonchev–Trinajstić information content (AvgIpc) is 2.43. The summed E-state index contributed by atoms with van der Waals surface area (Å²) in [4.78, 5) is 0. The Morgan fingerprint density at radius 1 is 1.10 bits per heavy atom. The van der Waals surface area contributed by atoms with Crippen LogP contribution in [0.3, 0.4) is 0 Å². The highest BCUT2D eigenvalue weighted by Crippen LogP contribution is 2.52. The van der Waals surface area contributed by atoms with Gasteiger partial charge in [0.25, 0.3) is 0 Å². The molecule has 112 valence electrons. The molecule has 1 aromatic rings. The lowest BCUT2D eigenvalue weighted by molar-refractivity contribution is 0.862. The van der Waals surface area contributed by atoms with E-state index in [1.165, 1.54) is 49.1 Å². The second kappa shape index (κ2) is 9.13. The second-order valence-electron chi connectivity index (χ2n) is 5.51. The van der Waals surface area contributed by atoms with Gasteiger partial charge in [0, 0.05) is 0 Å². The molecule has 2 nitrogen and oxygen atoms in total. The minimum Gasteiger partial charge on any atom is -0.387 e. The third-order valence-electron chi connectivity index (χ3n) is 3.65. The zero-order chi connectivity index (χ0) is 15.0. The van der Waals surface area contributed by atoms with E-state index in [1.54, 1.807) is 0 Å². The van der Waals surface area contributed by atoms with Crippen LogP contribution in [0.4, 0.5) is 0 Å². The topological polar surface area (TPSA) is 49.9 Å². The van der Waals surface area contributed by atoms with Crippen LogP contribution in [0.5, 0.6) is 0 Å². The molecule has 0 amide bonds. The third kappa shape index (κ3) is 5.25. The SMILES string of the molecule is CCCCP(CCCC)C(C(=N)N)c1ccc(C)cc1. The maximum Gasteiger partial charge on any atom is 0.103 e. The van der Waals surface area contributed by atoms with Crippen LogP contribution in [0, 0.1) is 12.3 Å². The molecule has 0 saturated heterocycles. The van der Waals surface area contributed by atoms with E-state index in [4.69, 9.17) is 11.1 Å². The first-order valence-electron chi connectivity index (χ1n) is 7.74. The maximum atomic E-state index is 8.04. The number of amidine groups is 1. The van der Waals surface area contributed by atoms with Gasteiger partial charge >= 0.3 is 0 Å². The first kappa shape index (κ1) is 17.2. The minimum absolute atomic E-state index is 0.156. The van der Waals surface area contributed by atoms with Crippen molar-refractivity contribution in [1.82, 2.24) is 0 Å². The molecule has 1 atom stereocenters. The Balaban J connectivity index is 2.93. The molecule has 3 heteroatoms. The average molecular weight is 292 g/mol. The quantitative estimate of drug-likeness (QED) is 0.373. The highest BCUT2D eigenvalue weighted by molar-refractivity contribution is 7.59. The van der Waals surface area contributed by atoms with E-state index in [2.05, 4.69) is 45.0 Å². The van der Waals surface area contributed by atoms with Gasteiger partial charge < -0.3 is 5.73 Å². The van der Waals surface area contributed by atoms with Crippen molar-refractivity contribution in [3.8, 4) is 0 Å². The molecule has 1 aromatic carbocycles. The normalized spacial score (nSPS) is 12.6. The number of unbranched alkanes of at least 4 members (excludes halogenated alkanes) is 2. The van der Waals surface area contributed by atoms with Gasteiger partial charge in [-0.3, -0.25) is 5.41 Å². The Labute approximate surface area is 125 Å². The van der Waals surface area contributed by atoms with Gasteiger partial charge in [0.05, 0.1) is 5.66 Å². The van der Waals surface area contributed by atoms with Crippen LogP contribution >= 0.6 is 7.92 Å². The van der Waals surface area contributed by atoms with E-state index in [9.17, 15) is 0 Å². The lowest BCUT2D eigenvalue weighted by atomic mass is 10.1. The standard InChI is InChI=1S/C17H29N2P/c1-4-6-12-20(13-7-5-2)16(17(18)19)15-10-8-14(3)9-11-15/h8-11,16H,4-7,12-13H2,1-3H3,(H3,18,19). The molecule has 0 heterocycles. The van der Waals surface area contributed by atoms with Gasteiger partial charge in [0.1, 0.15) is 5.84 Å². The summed E-state index contributed by atoms with van der Waals surface area (Å²) in [6.45, 7) is 6.58. The van der Waals surface area contributed by atoms with E-state index in [-0.39, 0.29) is 13.6 Å². The number of aryl methyl sites for hydroxylation is 1. The number of nitrogens with two attached hydrogens (primary N) is 1. The van der Waals surface area contributed by atoms with E-state index in [0.29, 0.717) is 5.84 Å². The van der Waals surface area contributed by atoms with Crippen molar-refractivity contribution >= 4 is 13.8 Å². The number of hydrogen-bond donors (Lipinski definition) is 2. The molecule has 0 bridgehead atoms. The maximum absolute atomic E-state index is 8.04. The molecule has 0 aliphatic rings. The molecule has 0 aromatic heterocycles. The van der Waals surface area contributed by atoms with Crippen LogP contribution in [-0.2, 0) is 0 Å². The van der Waals surface area contributed by atoms with Gasteiger partial charge in [-0.1, -0.05) is 64.4 Å². The summed E-state index contributed by atoms with van der Waals surface area (Å²) in [5, 5.41) is 8.04. The molecule has 1 rings (SSSR count). The second-order valence-corrected chi connectivity index (χ2v) is 8.10. The smallest absolute Gasteiger partial charge is 0.103 e. The molecular formula is C17H29N2P. The van der Waals surface area contributed by atoms with Crippen LogP contribution in [0.25, 0.3) is 0 Å². The molecular weight excluding hydrogens is 263 g/mol. The fraction of sp³-hybridized carbons (Fsp3) is 0.588. The van der Waals surface area contributed by atoms with E-state index in [1.807, 2.05) is 0 Å². The minimum atomic E-state index is -0.211. The zero-order valence-electron chi connectivity index (χ0n) is 13.2. The fourth-order valence-corrected chi connectivity index (χ4v) is 5.60. The zero-order valence-corrected chi connectivity index (χ0v) is 14.0. The van der Waals surface area contributed by atoms with Crippen LogP contribution in [0.1, 0.15) is 56.3 Å². The highest BCUT2D eigenvalue weighted by Gasteiger charge is 2.24. The fourth-order valence-electron chi connectivity index (χ4n) is 2.43. The molecule has 0 aliphatic heterocycles. The molecule has 1 unspecified atom stereocenters.